The van der Waals surface area contributed by atoms with Gasteiger partial charge in [-0.3, -0.25) is 14.6 Å². The molecule has 5 heteroatoms. The first kappa shape index (κ1) is 9.35. The number of H-pyrrole nitrogens is 1. The average Bonchev–Trinajstić information content (AvgIpc) is 2.17. The van der Waals surface area contributed by atoms with Crippen LogP contribution in [0.2, 0.25) is 5.02 Å². The van der Waals surface area contributed by atoms with Gasteiger partial charge in [-0.2, -0.15) is 0 Å². The Morgan fingerprint density at radius 2 is 2.33 bits per heavy atom. The summed E-state index contributed by atoms with van der Waals surface area (Å²) in [6.45, 7) is 1.86. The van der Waals surface area contributed by atoms with Crippen molar-refractivity contribution in [2.45, 2.75) is 19.4 Å². The van der Waals surface area contributed by atoms with E-state index < -0.39 is 0 Å². The van der Waals surface area contributed by atoms with Crippen LogP contribution in [0.25, 0.3) is 0 Å². The monoisotopic (exact) mass is 189 g/mol. The Balaban J connectivity index is 3.02. The molecule has 0 aliphatic heterocycles. The maximum Gasteiger partial charge on any atom is 0.285 e. The van der Waals surface area contributed by atoms with E-state index in [2.05, 4.69) is 5.10 Å². The fourth-order valence-electron chi connectivity index (χ4n) is 1.04. The smallest absolute Gasteiger partial charge is 0.285 e. The second-order valence-corrected chi connectivity index (χ2v) is 3.33. The number of hydrogen-bond acceptors (Lipinski definition) is 2. The van der Waals surface area contributed by atoms with Crippen LogP contribution in [0, 0.1) is 0 Å². The number of halogens is 1. The average molecular weight is 190 g/mol. The van der Waals surface area contributed by atoms with Gasteiger partial charge in [0.15, 0.2) is 0 Å². The van der Waals surface area contributed by atoms with Gasteiger partial charge in [0.1, 0.15) is 5.02 Å². The van der Waals surface area contributed by atoms with Crippen LogP contribution in [0.4, 0.5) is 0 Å². The highest BCUT2D eigenvalue weighted by Gasteiger charge is 2.10. The Hall–Kier alpha value is -0.740. The molecule has 1 atom stereocenters. The highest BCUT2D eigenvalue weighted by molar-refractivity contribution is 6.31. The van der Waals surface area contributed by atoms with Gasteiger partial charge in [0.2, 0.25) is 0 Å². The molecule has 0 aliphatic rings. The van der Waals surface area contributed by atoms with Crippen molar-refractivity contribution >= 4 is 11.6 Å². The van der Waals surface area contributed by atoms with Gasteiger partial charge in [-0.05, 0) is 6.92 Å². The molecule has 1 heterocycles. The van der Waals surface area contributed by atoms with Crippen molar-refractivity contribution in [2.24, 2.45) is 12.8 Å². The zero-order valence-corrected chi connectivity index (χ0v) is 7.85. The molecular formula is C7H12ClN3O. The second-order valence-electron chi connectivity index (χ2n) is 2.95. The fraction of sp³-hybridized carbons (Fsp3) is 0.571. The minimum absolute atomic E-state index is 0.000509. The van der Waals surface area contributed by atoms with Crippen molar-refractivity contribution in [2.75, 3.05) is 0 Å². The number of aromatic amines is 1. The van der Waals surface area contributed by atoms with E-state index in [1.54, 1.807) is 7.05 Å². The summed E-state index contributed by atoms with van der Waals surface area (Å²) in [6.07, 6.45) is 0.592. The highest BCUT2D eigenvalue weighted by atomic mass is 35.5. The summed E-state index contributed by atoms with van der Waals surface area (Å²) in [5, 5.41) is 3.08. The summed E-state index contributed by atoms with van der Waals surface area (Å²) in [5.74, 6) is 0. The second kappa shape index (κ2) is 3.33. The molecule has 0 bridgehead atoms. The molecule has 1 unspecified atom stereocenters. The summed E-state index contributed by atoms with van der Waals surface area (Å²) in [7, 11) is 1.62. The summed E-state index contributed by atoms with van der Waals surface area (Å²) >= 11 is 5.74. The maximum atomic E-state index is 11.1. The first-order valence-electron chi connectivity index (χ1n) is 3.71. The van der Waals surface area contributed by atoms with Crippen LogP contribution in [0.1, 0.15) is 12.6 Å². The maximum absolute atomic E-state index is 11.1. The lowest BCUT2D eigenvalue weighted by molar-refractivity contribution is 0.678. The predicted molar refractivity (Wildman–Crippen MR) is 48.4 cm³/mol. The predicted octanol–water partition coefficient (Wildman–Crippen LogP) is 0.257. The van der Waals surface area contributed by atoms with Gasteiger partial charge in [-0.15, -0.1) is 0 Å². The van der Waals surface area contributed by atoms with Crippen molar-refractivity contribution in [3.05, 3.63) is 21.1 Å². The van der Waals surface area contributed by atoms with E-state index in [-0.39, 0.29) is 16.6 Å². The molecule has 12 heavy (non-hydrogen) atoms. The van der Waals surface area contributed by atoms with Gasteiger partial charge in [0.05, 0.1) is 5.69 Å². The molecule has 0 saturated heterocycles. The van der Waals surface area contributed by atoms with Crippen LogP contribution in [0.5, 0.6) is 0 Å². The molecule has 0 aromatic carbocycles. The number of nitrogens with two attached hydrogens (primary N) is 1. The van der Waals surface area contributed by atoms with E-state index >= 15 is 0 Å². The van der Waals surface area contributed by atoms with Crippen molar-refractivity contribution in [1.29, 1.82) is 0 Å². The molecule has 4 nitrogen and oxygen atoms in total. The fourth-order valence-corrected chi connectivity index (χ4v) is 1.28. The standard InChI is InChI=1S/C7H12ClN3O/c1-4(9)3-5-6(8)7(12)11(2)10-5/h4,10H,3,9H2,1-2H3. The van der Waals surface area contributed by atoms with Crippen molar-refractivity contribution in [3.63, 3.8) is 0 Å². The molecule has 0 spiro atoms. The van der Waals surface area contributed by atoms with Crippen LogP contribution < -0.4 is 11.3 Å². The number of nitrogens with zero attached hydrogens (tertiary/aromatic N) is 1. The third-order valence-electron chi connectivity index (χ3n) is 1.59. The van der Waals surface area contributed by atoms with Crippen LogP contribution in [-0.2, 0) is 13.5 Å². The Morgan fingerprint density at radius 1 is 1.75 bits per heavy atom. The lowest BCUT2D eigenvalue weighted by Gasteiger charge is -2.01. The lowest BCUT2D eigenvalue weighted by atomic mass is 10.2. The molecule has 0 saturated carbocycles. The first-order valence-corrected chi connectivity index (χ1v) is 4.09. The molecule has 1 rings (SSSR count). The zero-order valence-electron chi connectivity index (χ0n) is 7.10. The van der Waals surface area contributed by atoms with E-state index in [9.17, 15) is 4.79 Å². The highest BCUT2D eigenvalue weighted by Crippen LogP contribution is 2.09. The largest absolute Gasteiger partial charge is 0.328 e. The van der Waals surface area contributed by atoms with Gasteiger partial charge in [-0.1, -0.05) is 11.6 Å². The summed E-state index contributed by atoms with van der Waals surface area (Å²) in [4.78, 5) is 11.1. The quantitative estimate of drug-likeness (QED) is 0.701. The normalized spacial score (nSPS) is 13.3. The van der Waals surface area contributed by atoms with Crippen LogP contribution in [-0.4, -0.2) is 15.8 Å². The van der Waals surface area contributed by atoms with Gasteiger partial charge in [0, 0.05) is 19.5 Å². The van der Waals surface area contributed by atoms with E-state index in [4.69, 9.17) is 17.3 Å². The Morgan fingerprint density at radius 3 is 2.67 bits per heavy atom. The molecule has 1 aromatic rings. The summed E-state index contributed by atoms with van der Waals surface area (Å²) in [5.41, 5.74) is 6.07. The minimum Gasteiger partial charge on any atom is -0.328 e. The van der Waals surface area contributed by atoms with E-state index in [1.165, 1.54) is 4.68 Å². The number of aryl methyl sites for hydroxylation is 1. The number of nitrogens with one attached hydrogen (secondary N) is 1. The van der Waals surface area contributed by atoms with Crippen LogP contribution in [0.15, 0.2) is 4.79 Å². The van der Waals surface area contributed by atoms with Gasteiger partial charge in [0.25, 0.3) is 5.56 Å². The summed E-state index contributed by atoms with van der Waals surface area (Å²) < 4.78 is 1.35. The van der Waals surface area contributed by atoms with E-state index in [1.807, 2.05) is 6.92 Å². The van der Waals surface area contributed by atoms with Crippen LogP contribution >= 0.6 is 11.6 Å². The number of rotatable bonds is 2. The Bertz CT molecular complexity index is 326. The molecule has 3 N–H and O–H groups in total. The third kappa shape index (κ3) is 1.70. The number of aromatic nitrogens is 2. The van der Waals surface area contributed by atoms with E-state index in [0.29, 0.717) is 12.1 Å². The molecule has 0 fully saturated rings. The minimum atomic E-state index is -0.202. The van der Waals surface area contributed by atoms with Gasteiger partial charge >= 0.3 is 0 Å². The van der Waals surface area contributed by atoms with Gasteiger partial charge in [-0.25, -0.2) is 0 Å². The molecule has 0 aliphatic carbocycles. The topological polar surface area (TPSA) is 63.8 Å². The van der Waals surface area contributed by atoms with Crippen molar-refractivity contribution in [3.8, 4) is 0 Å². The zero-order chi connectivity index (χ0) is 9.30. The molecule has 0 radical (unpaired) electrons. The molecule has 0 amide bonds. The van der Waals surface area contributed by atoms with E-state index in [0.717, 1.165) is 0 Å². The number of hydrogen-bond donors (Lipinski definition) is 2. The van der Waals surface area contributed by atoms with Gasteiger partial charge < -0.3 is 5.73 Å². The lowest BCUT2D eigenvalue weighted by Crippen LogP contribution is -2.18. The van der Waals surface area contributed by atoms with Crippen molar-refractivity contribution < 1.29 is 0 Å². The SMILES string of the molecule is CC(N)Cc1[nH]n(C)c(=O)c1Cl. The summed E-state index contributed by atoms with van der Waals surface area (Å²) in [6, 6.07) is 0.000509. The third-order valence-corrected chi connectivity index (χ3v) is 1.98. The molecule has 68 valence electrons. The van der Waals surface area contributed by atoms with Crippen LogP contribution in [0.3, 0.4) is 0 Å². The van der Waals surface area contributed by atoms with Crippen molar-refractivity contribution in [1.82, 2.24) is 9.78 Å². The molecular weight excluding hydrogens is 178 g/mol. The Kier molecular flexibility index (Phi) is 2.59. The first-order chi connectivity index (χ1) is 5.52. The molecule has 1 aromatic heterocycles. The Labute approximate surface area is 75.3 Å².